The molecule has 2 aromatic rings. The second-order valence-electron chi connectivity index (χ2n) is 8.31. The average Bonchev–Trinajstić information content (AvgIpc) is 2.88. The molecular formula is C30H50N2O2S. The lowest BCUT2D eigenvalue weighted by Crippen LogP contribution is -2.22. The fraction of sp³-hybridized carbons (Fsp3) is 0.533. The van der Waals surface area contributed by atoms with Gasteiger partial charge in [-0.1, -0.05) is 88.4 Å². The van der Waals surface area contributed by atoms with Crippen LogP contribution in [0.25, 0.3) is 0 Å². The van der Waals surface area contributed by atoms with E-state index in [1.807, 2.05) is 13.8 Å². The highest BCUT2D eigenvalue weighted by Gasteiger charge is 1.99. The van der Waals surface area contributed by atoms with Crippen LogP contribution in [0.5, 0.6) is 0 Å². The second-order valence-corrected chi connectivity index (χ2v) is 8.75. The molecule has 0 bridgehead atoms. The van der Waals surface area contributed by atoms with Gasteiger partial charge in [0, 0.05) is 26.4 Å². The number of hydrogen-bond donors (Lipinski definition) is 3. The Bertz CT molecular complexity index is 693. The predicted molar refractivity (Wildman–Crippen MR) is 156 cm³/mol. The van der Waals surface area contributed by atoms with Crippen molar-refractivity contribution < 1.29 is 9.59 Å². The van der Waals surface area contributed by atoms with Gasteiger partial charge in [0.2, 0.25) is 11.8 Å². The number of hydrogen-bond acceptors (Lipinski definition) is 3. The number of benzene rings is 2. The van der Waals surface area contributed by atoms with Crippen LogP contribution in [-0.2, 0) is 9.59 Å². The molecule has 198 valence electrons. The Balaban J connectivity index is 0. The summed E-state index contributed by atoms with van der Waals surface area (Å²) in [5.41, 5.74) is 2.90. The highest BCUT2D eigenvalue weighted by Crippen LogP contribution is 2.17. The smallest absolute Gasteiger partial charge is 0.220 e. The number of thiol groups is 1. The first-order chi connectivity index (χ1) is 16.8. The van der Waals surface area contributed by atoms with Crippen LogP contribution in [0.2, 0.25) is 0 Å². The molecule has 4 nitrogen and oxygen atoms in total. The van der Waals surface area contributed by atoms with Gasteiger partial charge in [0.1, 0.15) is 0 Å². The van der Waals surface area contributed by atoms with Crippen molar-refractivity contribution in [1.82, 2.24) is 10.6 Å². The van der Waals surface area contributed by atoms with Gasteiger partial charge < -0.3 is 10.6 Å². The summed E-state index contributed by atoms with van der Waals surface area (Å²) in [7, 11) is 0. The van der Waals surface area contributed by atoms with E-state index in [0.29, 0.717) is 18.3 Å². The quantitative estimate of drug-likeness (QED) is 0.313. The van der Waals surface area contributed by atoms with Gasteiger partial charge in [0.15, 0.2) is 0 Å². The summed E-state index contributed by atoms with van der Waals surface area (Å²) in [5.74, 6) is 2.38. The number of nitrogens with one attached hydrogen (secondary N) is 2. The maximum Gasteiger partial charge on any atom is 0.220 e. The number of amides is 2. The molecule has 0 heterocycles. The fourth-order valence-electron chi connectivity index (χ4n) is 2.81. The zero-order valence-electron chi connectivity index (χ0n) is 23.1. The van der Waals surface area contributed by atoms with Crippen LogP contribution >= 0.6 is 12.6 Å². The molecule has 0 aliphatic rings. The van der Waals surface area contributed by atoms with Gasteiger partial charge in [-0.25, -0.2) is 0 Å². The van der Waals surface area contributed by atoms with E-state index in [1.165, 1.54) is 30.9 Å². The lowest BCUT2D eigenvalue weighted by Gasteiger charge is -2.06. The zero-order chi connectivity index (χ0) is 26.9. The standard InChI is InChI=1S/2C10H14.C6H13NOS.C4H9NO/c2*1-3-9(2)10-7-5-4-6-8-10;1-2-7-6(8)4-3-5-9;1-3-5-4(2)6/h2*4-9H,3H2,1-2H3;9H,2-5H2,1H3,(H,7,8);3H2,1-2H3,(H,5,6). The summed E-state index contributed by atoms with van der Waals surface area (Å²) in [6.45, 7) is 15.7. The Hall–Kier alpha value is -2.27. The Morgan fingerprint density at radius 1 is 0.743 bits per heavy atom. The number of carbonyl (C=O) groups is 2. The van der Waals surface area contributed by atoms with Crippen molar-refractivity contribution >= 4 is 24.4 Å². The molecule has 0 fully saturated rings. The third-order valence-electron chi connectivity index (χ3n) is 5.32. The Kier molecular flexibility index (Phi) is 24.8. The normalized spacial score (nSPS) is 11.1. The zero-order valence-corrected chi connectivity index (χ0v) is 24.0. The topological polar surface area (TPSA) is 58.2 Å². The minimum atomic E-state index is 0.0394. The lowest BCUT2D eigenvalue weighted by atomic mass is 9.99. The third-order valence-corrected chi connectivity index (χ3v) is 5.64. The first kappa shape index (κ1) is 34.9. The molecule has 2 aromatic carbocycles. The van der Waals surface area contributed by atoms with E-state index in [2.05, 4.69) is 112 Å². The summed E-state index contributed by atoms with van der Waals surface area (Å²) >= 11 is 3.98. The van der Waals surface area contributed by atoms with Crippen molar-refractivity contribution in [2.45, 2.75) is 86.0 Å². The molecule has 2 amide bonds. The summed E-state index contributed by atoms with van der Waals surface area (Å²) in [6.07, 6.45) is 3.93. The molecule has 0 aromatic heterocycles. The van der Waals surface area contributed by atoms with Crippen molar-refractivity contribution in [1.29, 1.82) is 0 Å². The molecule has 0 aliphatic heterocycles. The first-order valence-corrected chi connectivity index (χ1v) is 13.6. The Labute approximate surface area is 221 Å². The monoisotopic (exact) mass is 502 g/mol. The first-order valence-electron chi connectivity index (χ1n) is 13.0. The molecule has 2 N–H and O–H groups in total. The Morgan fingerprint density at radius 2 is 1.14 bits per heavy atom. The van der Waals surface area contributed by atoms with Crippen LogP contribution in [0.4, 0.5) is 0 Å². The molecule has 2 rings (SSSR count). The third kappa shape index (κ3) is 22.0. The molecule has 0 saturated heterocycles. The number of carbonyl (C=O) groups excluding carboxylic acids is 2. The molecule has 0 spiro atoms. The van der Waals surface area contributed by atoms with Crippen LogP contribution in [0.3, 0.4) is 0 Å². The van der Waals surface area contributed by atoms with E-state index < -0.39 is 0 Å². The van der Waals surface area contributed by atoms with Gasteiger partial charge in [-0.2, -0.15) is 12.6 Å². The van der Waals surface area contributed by atoms with Gasteiger partial charge in [0.25, 0.3) is 0 Å². The van der Waals surface area contributed by atoms with Crippen molar-refractivity contribution in [3.63, 3.8) is 0 Å². The van der Waals surface area contributed by atoms with Gasteiger partial charge >= 0.3 is 0 Å². The summed E-state index contributed by atoms with van der Waals surface area (Å²) in [4.78, 5) is 20.6. The fourth-order valence-corrected chi connectivity index (χ4v) is 2.97. The van der Waals surface area contributed by atoms with E-state index in [-0.39, 0.29) is 11.8 Å². The maximum absolute atomic E-state index is 10.7. The van der Waals surface area contributed by atoms with E-state index in [0.717, 1.165) is 25.3 Å². The van der Waals surface area contributed by atoms with E-state index >= 15 is 0 Å². The predicted octanol–water partition coefficient (Wildman–Crippen LogP) is 7.38. The SMILES string of the molecule is CCC(C)c1ccccc1.CCC(C)c1ccccc1.CCNC(=O)CCCS.CCNC(C)=O. The highest BCUT2D eigenvalue weighted by molar-refractivity contribution is 7.80. The highest BCUT2D eigenvalue weighted by atomic mass is 32.1. The van der Waals surface area contributed by atoms with Crippen LogP contribution in [-0.4, -0.2) is 30.7 Å². The summed E-state index contributed by atoms with van der Waals surface area (Å²) in [6, 6.07) is 21.3. The van der Waals surface area contributed by atoms with E-state index in [4.69, 9.17) is 0 Å². The molecule has 0 aliphatic carbocycles. The summed E-state index contributed by atoms with van der Waals surface area (Å²) in [5, 5.41) is 5.28. The largest absolute Gasteiger partial charge is 0.357 e. The minimum absolute atomic E-state index is 0.0394. The van der Waals surface area contributed by atoms with Gasteiger partial charge in [-0.3, -0.25) is 9.59 Å². The molecule has 0 saturated carbocycles. The lowest BCUT2D eigenvalue weighted by molar-refractivity contribution is -0.121. The molecule has 2 atom stereocenters. The van der Waals surface area contributed by atoms with Crippen LogP contribution < -0.4 is 10.6 Å². The molecule has 0 radical (unpaired) electrons. The molecule has 35 heavy (non-hydrogen) atoms. The van der Waals surface area contributed by atoms with Gasteiger partial charge in [0.05, 0.1) is 0 Å². The van der Waals surface area contributed by atoms with Gasteiger partial charge in [-0.15, -0.1) is 0 Å². The van der Waals surface area contributed by atoms with Crippen LogP contribution in [0, 0.1) is 0 Å². The summed E-state index contributed by atoms with van der Waals surface area (Å²) < 4.78 is 0. The molecule has 2 unspecified atom stereocenters. The van der Waals surface area contributed by atoms with Crippen LogP contribution in [0.1, 0.15) is 97.1 Å². The molecule has 5 heteroatoms. The van der Waals surface area contributed by atoms with Crippen molar-refractivity contribution in [3.8, 4) is 0 Å². The maximum atomic E-state index is 10.7. The van der Waals surface area contributed by atoms with Crippen molar-refractivity contribution in [2.24, 2.45) is 0 Å². The number of rotatable bonds is 9. The van der Waals surface area contributed by atoms with Crippen molar-refractivity contribution in [2.75, 3.05) is 18.8 Å². The minimum Gasteiger partial charge on any atom is -0.357 e. The Morgan fingerprint density at radius 3 is 1.40 bits per heavy atom. The van der Waals surface area contributed by atoms with E-state index in [1.54, 1.807) is 0 Å². The average molecular weight is 503 g/mol. The van der Waals surface area contributed by atoms with E-state index in [9.17, 15) is 9.59 Å². The second kappa shape index (κ2) is 24.8. The van der Waals surface area contributed by atoms with Gasteiger partial charge in [-0.05, 0) is 61.8 Å². The molecular weight excluding hydrogens is 452 g/mol. The van der Waals surface area contributed by atoms with Crippen LogP contribution in [0.15, 0.2) is 60.7 Å². The van der Waals surface area contributed by atoms with Crippen molar-refractivity contribution in [3.05, 3.63) is 71.8 Å².